The highest BCUT2D eigenvalue weighted by Gasteiger charge is 2.16. The van der Waals surface area contributed by atoms with Gasteiger partial charge in [-0.2, -0.15) is 5.10 Å². The van der Waals surface area contributed by atoms with Gasteiger partial charge in [-0.25, -0.2) is 4.98 Å². The third-order valence-corrected chi connectivity index (χ3v) is 5.98. The minimum Gasteiger partial charge on any atom is -0.379 e. The number of rotatable bonds is 8. The van der Waals surface area contributed by atoms with Gasteiger partial charge in [-0.15, -0.1) is 12.4 Å². The van der Waals surface area contributed by atoms with E-state index in [9.17, 15) is 4.79 Å². The second-order valence-corrected chi connectivity index (χ2v) is 8.34. The van der Waals surface area contributed by atoms with Gasteiger partial charge in [0.05, 0.1) is 25.1 Å². The van der Waals surface area contributed by atoms with Gasteiger partial charge < -0.3 is 4.74 Å². The molecule has 2 aromatic heterocycles. The standard InChI is InChI=1S/C26H28N6O2.ClH/c33-25(21-7-4-6-20(16-21)22-17-27-28-18-22)30-26-29-23(8-5-11-31-12-14-34-15-13-31)19-32(26)24-9-2-1-3-10-24;/h1-4,6-7,9-10,16-19H,5,8,11-15H2,(H,27,28)(H,29,30,33);1H. The first kappa shape index (κ1) is 24.7. The Kier molecular flexibility index (Phi) is 8.31. The topological polar surface area (TPSA) is 88.1 Å². The average molecular weight is 493 g/mol. The van der Waals surface area contributed by atoms with Crippen LogP contribution in [0.1, 0.15) is 22.5 Å². The Labute approximate surface area is 210 Å². The summed E-state index contributed by atoms with van der Waals surface area (Å²) in [6, 6.07) is 17.4. The minimum atomic E-state index is -0.201. The number of carbonyl (C=O) groups is 1. The minimum absolute atomic E-state index is 0. The number of H-pyrrole nitrogens is 1. The zero-order valence-electron chi connectivity index (χ0n) is 19.4. The van der Waals surface area contributed by atoms with Crippen LogP contribution in [0.4, 0.5) is 5.95 Å². The first-order valence-corrected chi connectivity index (χ1v) is 11.6. The van der Waals surface area contributed by atoms with Gasteiger partial charge in [0, 0.05) is 42.3 Å². The fourth-order valence-electron chi connectivity index (χ4n) is 4.15. The van der Waals surface area contributed by atoms with Crippen LogP contribution in [-0.2, 0) is 11.2 Å². The van der Waals surface area contributed by atoms with E-state index in [0.29, 0.717) is 11.5 Å². The Balaban J connectivity index is 0.00000289. The Morgan fingerprint density at radius 3 is 2.66 bits per heavy atom. The number of nitrogens with one attached hydrogen (secondary N) is 2. The second kappa shape index (κ2) is 11.8. The highest BCUT2D eigenvalue weighted by molar-refractivity contribution is 6.04. The maximum atomic E-state index is 13.1. The zero-order valence-corrected chi connectivity index (χ0v) is 20.2. The Bertz CT molecular complexity index is 1220. The molecule has 0 unspecified atom stereocenters. The molecule has 1 amide bonds. The molecule has 0 atom stereocenters. The van der Waals surface area contributed by atoms with Crippen LogP contribution in [0.3, 0.4) is 0 Å². The van der Waals surface area contributed by atoms with Crippen molar-refractivity contribution in [2.45, 2.75) is 12.8 Å². The molecule has 2 N–H and O–H groups in total. The van der Waals surface area contributed by atoms with Crippen molar-refractivity contribution in [1.29, 1.82) is 0 Å². The van der Waals surface area contributed by atoms with Gasteiger partial charge in [0.1, 0.15) is 0 Å². The number of morpholine rings is 1. The summed E-state index contributed by atoms with van der Waals surface area (Å²) in [6.45, 7) is 4.60. The van der Waals surface area contributed by atoms with Gasteiger partial charge in [-0.05, 0) is 49.2 Å². The molecule has 1 fully saturated rings. The normalized spacial score (nSPS) is 13.8. The zero-order chi connectivity index (χ0) is 23.2. The fourth-order valence-corrected chi connectivity index (χ4v) is 4.15. The van der Waals surface area contributed by atoms with E-state index in [1.165, 1.54) is 0 Å². The lowest BCUT2D eigenvalue weighted by atomic mass is 10.1. The van der Waals surface area contributed by atoms with Crippen molar-refractivity contribution in [2.24, 2.45) is 0 Å². The number of carbonyl (C=O) groups excluding carboxylic acids is 1. The van der Waals surface area contributed by atoms with E-state index in [4.69, 9.17) is 9.72 Å². The molecule has 3 heterocycles. The van der Waals surface area contributed by atoms with Crippen molar-refractivity contribution in [3.63, 3.8) is 0 Å². The van der Waals surface area contributed by atoms with E-state index in [2.05, 4.69) is 20.4 Å². The number of aromatic amines is 1. The molecule has 1 aliphatic heterocycles. The predicted octanol–water partition coefficient (Wildman–Crippen LogP) is 4.20. The van der Waals surface area contributed by atoms with Gasteiger partial charge in [-0.3, -0.25) is 24.7 Å². The molecule has 0 bridgehead atoms. The molecule has 9 heteroatoms. The molecule has 0 spiro atoms. The van der Waals surface area contributed by atoms with E-state index in [-0.39, 0.29) is 18.3 Å². The van der Waals surface area contributed by atoms with Crippen molar-refractivity contribution in [3.05, 3.63) is 84.4 Å². The number of benzene rings is 2. The highest BCUT2D eigenvalue weighted by atomic mass is 35.5. The number of halogens is 1. The molecule has 8 nitrogen and oxygen atoms in total. The summed E-state index contributed by atoms with van der Waals surface area (Å²) in [5, 5.41) is 9.83. The van der Waals surface area contributed by atoms with E-state index in [0.717, 1.165) is 68.2 Å². The van der Waals surface area contributed by atoms with E-state index >= 15 is 0 Å². The summed E-state index contributed by atoms with van der Waals surface area (Å²) in [5.41, 5.74) is 4.34. The van der Waals surface area contributed by atoms with Gasteiger partial charge in [-0.1, -0.05) is 30.3 Å². The smallest absolute Gasteiger partial charge is 0.258 e. The quantitative estimate of drug-likeness (QED) is 0.385. The first-order valence-electron chi connectivity index (χ1n) is 11.6. The Morgan fingerprint density at radius 2 is 1.89 bits per heavy atom. The van der Waals surface area contributed by atoms with E-state index in [1.807, 2.05) is 65.5 Å². The highest BCUT2D eigenvalue weighted by Crippen LogP contribution is 2.21. The molecule has 2 aromatic carbocycles. The maximum absolute atomic E-state index is 13.1. The maximum Gasteiger partial charge on any atom is 0.258 e. The lowest BCUT2D eigenvalue weighted by Gasteiger charge is -2.26. The SMILES string of the molecule is Cl.O=C(Nc1nc(CCCN2CCOCC2)cn1-c1ccccc1)c1cccc(-c2cn[nH]c2)c1. The summed E-state index contributed by atoms with van der Waals surface area (Å²) >= 11 is 0. The number of ether oxygens (including phenoxy) is 1. The van der Waals surface area contributed by atoms with E-state index in [1.54, 1.807) is 12.3 Å². The van der Waals surface area contributed by atoms with Crippen LogP contribution in [0, 0.1) is 0 Å². The number of nitrogens with zero attached hydrogens (tertiary/aromatic N) is 4. The Morgan fingerprint density at radius 1 is 1.06 bits per heavy atom. The number of aromatic nitrogens is 4. The average Bonchev–Trinajstić information content (AvgIpc) is 3.56. The third-order valence-electron chi connectivity index (χ3n) is 5.98. The first-order chi connectivity index (χ1) is 16.8. The lowest BCUT2D eigenvalue weighted by Crippen LogP contribution is -2.36. The van der Waals surface area contributed by atoms with Crippen LogP contribution in [0.2, 0.25) is 0 Å². The molecule has 0 aliphatic carbocycles. The lowest BCUT2D eigenvalue weighted by molar-refractivity contribution is 0.0374. The molecule has 0 saturated carbocycles. The number of amides is 1. The number of anilines is 1. The number of para-hydroxylation sites is 1. The summed E-state index contributed by atoms with van der Waals surface area (Å²) in [7, 11) is 0. The third kappa shape index (κ3) is 6.16. The second-order valence-electron chi connectivity index (χ2n) is 8.34. The van der Waals surface area contributed by atoms with Crippen LogP contribution >= 0.6 is 12.4 Å². The van der Waals surface area contributed by atoms with Gasteiger partial charge in [0.25, 0.3) is 5.91 Å². The molecular formula is C26H29ClN6O2. The fraction of sp³-hybridized carbons (Fsp3) is 0.269. The number of hydrogen-bond acceptors (Lipinski definition) is 5. The summed E-state index contributed by atoms with van der Waals surface area (Å²) in [6.07, 6.45) is 7.42. The monoisotopic (exact) mass is 492 g/mol. The van der Waals surface area contributed by atoms with Crippen LogP contribution in [0.25, 0.3) is 16.8 Å². The summed E-state index contributed by atoms with van der Waals surface area (Å²) < 4.78 is 7.38. The van der Waals surface area contributed by atoms with Crippen molar-refractivity contribution in [2.75, 3.05) is 38.2 Å². The molecule has 1 aliphatic rings. The molecule has 35 heavy (non-hydrogen) atoms. The van der Waals surface area contributed by atoms with Crippen LogP contribution in [-0.4, -0.2) is 63.4 Å². The summed E-state index contributed by atoms with van der Waals surface area (Å²) in [4.78, 5) is 20.3. The largest absolute Gasteiger partial charge is 0.379 e. The molecule has 5 rings (SSSR count). The summed E-state index contributed by atoms with van der Waals surface area (Å²) in [5.74, 6) is 0.319. The van der Waals surface area contributed by atoms with Crippen LogP contribution in [0.5, 0.6) is 0 Å². The number of hydrogen-bond donors (Lipinski definition) is 2. The van der Waals surface area contributed by atoms with Crippen LogP contribution in [0.15, 0.2) is 73.2 Å². The number of imidazole rings is 1. The van der Waals surface area contributed by atoms with E-state index < -0.39 is 0 Å². The van der Waals surface area contributed by atoms with Gasteiger partial charge >= 0.3 is 0 Å². The number of aryl methyl sites for hydroxylation is 1. The van der Waals surface area contributed by atoms with Crippen molar-refractivity contribution >= 4 is 24.3 Å². The molecule has 182 valence electrons. The van der Waals surface area contributed by atoms with Gasteiger partial charge in [0.15, 0.2) is 0 Å². The van der Waals surface area contributed by atoms with Crippen LogP contribution < -0.4 is 5.32 Å². The Hall–Kier alpha value is -3.46. The molecule has 1 saturated heterocycles. The predicted molar refractivity (Wildman–Crippen MR) is 138 cm³/mol. The van der Waals surface area contributed by atoms with Crippen molar-refractivity contribution < 1.29 is 9.53 Å². The van der Waals surface area contributed by atoms with Crippen molar-refractivity contribution in [1.82, 2.24) is 24.6 Å². The van der Waals surface area contributed by atoms with Crippen molar-refractivity contribution in [3.8, 4) is 16.8 Å². The molecule has 0 radical (unpaired) electrons. The molecular weight excluding hydrogens is 464 g/mol. The van der Waals surface area contributed by atoms with Gasteiger partial charge in [0.2, 0.25) is 5.95 Å². The molecule has 4 aromatic rings.